The number of pyridine rings is 1. The van der Waals surface area contributed by atoms with Crippen LogP contribution in [0.25, 0.3) is 5.69 Å². The number of ether oxygens (including phenoxy) is 1. The molecule has 4 nitrogen and oxygen atoms in total. The molecule has 1 aromatic heterocycles. The van der Waals surface area contributed by atoms with Gasteiger partial charge in [-0.2, -0.15) is 0 Å². The number of para-hydroxylation sites is 1. The van der Waals surface area contributed by atoms with Crippen molar-refractivity contribution in [1.82, 2.24) is 4.57 Å². The number of hydrogen-bond acceptors (Lipinski definition) is 3. The lowest BCUT2D eigenvalue weighted by Gasteiger charge is -2.12. The molecule has 0 amide bonds. The Labute approximate surface area is 110 Å². The molecule has 0 radical (unpaired) electrons. The quantitative estimate of drug-likeness (QED) is 0.770. The van der Waals surface area contributed by atoms with E-state index >= 15 is 0 Å². The van der Waals surface area contributed by atoms with Crippen LogP contribution in [0.3, 0.4) is 0 Å². The van der Waals surface area contributed by atoms with Crippen LogP contribution in [0.15, 0.2) is 35.3 Å². The summed E-state index contributed by atoms with van der Waals surface area (Å²) < 4.78 is 6.91. The number of carbonyl (C=O) groups is 1. The smallest absolute Gasteiger partial charge is 0.262 e. The number of benzene rings is 1. The molecule has 0 atom stereocenters. The second-order valence-electron chi connectivity index (χ2n) is 4.57. The average Bonchev–Trinajstić information content (AvgIpc) is 2.90. The molecule has 19 heavy (non-hydrogen) atoms. The molecule has 2 aromatic rings. The minimum Gasteiger partial charge on any atom is -0.492 e. The van der Waals surface area contributed by atoms with Crippen LogP contribution < -0.4 is 10.3 Å². The van der Waals surface area contributed by atoms with Crippen molar-refractivity contribution in [3.05, 3.63) is 57.5 Å². The van der Waals surface area contributed by atoms with Crippen molar-refractivity contribution >= 4 is 6.29 Å². The van der Waals surface area contributed by atoms with Crippen LogP contribution in [0.5, 0.6) is 5.75 Å². The van der Waals surface area contributed by atoms with E-state index in [0.717, 1.165) is 17.5 Å². The summed E-state index contributed by atoms with van der Waals surface area (Å²) in [5.74, 6) is 0.449. The van der Waals surface area contributed by atoms with Gasteiger partial charge in [-0.1, -0.05) is 18.2 Å². The summed E-state index contributed by atoms with van der Waals surface area (Å²) in [7, 11) is 0. The Bertz CT molecular complexity index is 716. The van der Waals surface area contributed by atoms with E-state index in [1.807, 2.05) is 31.2 Å². The number of carbonyl (C=O) groups excluding carboxylic acids is 1. The fourth-order valence-corrected chi connectivity index (χ4v) is 2.42. The molecular weight excluding hydrogens is 242 g/mol. The molecule has 0 saturated carbocycles. The molecule has 1 aliphatic rings. The van der Waals surface area contributed by atoms with E-state index in [9.17, 15) is 9.59 Å². The number of aldehydes is 1. The maximum atomic E-state index is 12.4. The van der Waals surface area contributed by atoms with Crippen molar-refractivity contribution < 1.29 is 9.53 Å². The maximum Gasteiger partial charge on any atom is 0.262 e. The first-order chi connectivity index (χ1) is 9.22. The molecule has 1 aromatic carbocycles. The number of nitrogens with zero attached hydrogens (tertiary/aromatic N) is 1. The van der Waals surface area contributed by atoms with Crippen LogP contribution in [-0.2, 0) is 6.42 Å². The molecule has 2 heterocycles. The van der Waals surface area contributed by atoms with Crippen molar-refractivity contribution in [2.24, 2.45) is 0 Å². The Morgan fingerprint density at radius 1 is 1.32 bits per heavy atom. The summed E-state index contributed by atoms with van der Waals surface area (Å²) in [6, 6.07) is 7.60. The molecule has 0 bridgehead atoms. The van der Waals surface area contributed by atoms with Gasteiger partial charge in [0.05, 0.1) is 23.4 Å². The molecule has 0 fully saturated rings. The summed E-state index contributed by atoms with van der Waals surface area (Å²) in [5.41, 5.74) is 2.70. The van der Waals surface area contributed by atoms with Crippen molar-refractivity contribution in [2.45, 2.75) is 13.3 Å². The third-order valence-electron chi connectivity index (χ3n) is 3.38. The standard InChI is InChI=1S/C15H13NO3/c1-10-4-2-3-5-13(10)16-8-11(9-17)14-12(15(16)18)6-7-19-14/h2-5,8-9H,6-7H2,1H3. The van der Waals surface area contributed by atoms with Crippen molar-refractivity contribution in [1.29, 1.82) is 0 Å². The van der Waals surface area contributed by atoms with Gasteiger partial charge in [-0.05, 0) is 18.6 Å². The first-order valence-corrected chi connectivity index (χ1v) is 6.15. The number of aromatic nitrogens is 1. The molecule has 4 heteroatoms. The second-order valence-corrected chi connectivity index (χ2v) is 4.57. The lowest BCUT2D eigenvalue weighted by molar-refractivity contribution is 0.112. The lowest BCUT2D eigenvalue weighted by Crippen LogP contribution is -2.22. The van der Waals surface area contributed by atoms with Gasteiger partial charge in [0.15, 0.2) is 6.29 Å². The maximum absolute atomic E-state index is 12.4. The predicted molar refractivity (Wildman–Crippen MR) is 71.4 cm³/mol. The van der Waals surface area contributed by atoms with Crippen LogP contribution >= 0.6 is 0 Å². The third kappa shape index (κ3) is 1.76. The first kappa shape index (κ1) is 11.7. The highest BCUT2D eigenvalue weighted by Crippen LogP contribution is 2.26. The zero-order chi connectivity index (χ0) is 13.4. The van der Waals surface area contributed by atoms with E-state index in [2.05, 4.69) is 0 Å². The number of aryl methyl sites for hydroxylation is 1. The van der Waals surface area contributed by atoms with E-state index < -0.39 is 0 Å². The van der Waals surface area contributed by atoms with Gasteiger partial charge in [0.2, 0.25) is 0 Å². The van der Waals surface area contributed by atoms with E-state index in [4.69, 9.17) is 4.74 Å². The molecule has 0 spiro atoms. The fourth-order valence-electron chi connectivity index (χ4n) is 2.42. The summed E-state index contributed by atoms with van der Waals surface area (Å²) in [6.07, 6.45) is 2.85. The van der Waals surface area contributed by atoms with Crippen molar-refractivity contribution in [3.63, 3.8) is 0 Å². The van der Waals surface area contributed by atoms with Crippen molar-refractivity contribution in [2.75, 3.05) is 6.61 Å². The van der Waals surface area contributed by atoms with Gasteiger partial charge in [0.1, 0.15) is 5.75 Å². The van der Waals surface area contributed by atoms with E-state index in [1.54, 1.807) is 6.20 Å². The summed E-state index contributed by atoms with van der Waals surface area (Å²) in [6.45, 7) is 2.40. The minimum absolute atomic E-state index is 0.104. The Hall–Kier alpha value is -2.36. The Morgan fingerprint density at radius 2 is 2.11 bits per heavy atom. The van der Waals surface area contributed by atoms with Gasteiger partial charge in [-0.25, -0.2) is 0 Å². The Morgan fingerprint density at radius 3 is 2.84 bits per heavy atom. The molecule has 96 valence electrons. The van der Waals surface area contributed by atoms with E-state index in [-0.39, 0.29) is 5.56 Å². The highest BCUT2D eigenvalue weighted by atomic mass is 16.5. The van der Waals surface area contributed by atoms with Gasteiger partial charge in [-0.15, -0.1) is 0 Å². The third-order valence-corrected chi connectivity index (χ3v) is 3.38. The SMILES string of the molecule is Cc1ccccc1-n1cc(C=O)c2c(c1=O)CCO2. The fraction of sp³-hybridized carbons (Fsp3) is 0.200. The van der Waals surface area contributed by atoms with E-state index in [0.29, 0.717) is 29.9 Å². The summed E-state index contributed by atoms with van der Waals surface area (Å²) in [5, 5.41) is 0. The number of hydrogen-bond donors (Lipinski definition) is 0. The van der Waals surface area contributed by atoms with Crippen LogP contribution in [0.2, 0.25) is 0 Å². The Balaban J connectivity index is 2.32. The van der Waals surface area contributed by atoms with Gasteiger partial charge >= 0.3 is 0 Å². The average molecular weight is 255 g/mol. The van der Waals surface area contributed by atoms with Gasteiger partial charge < -0.3 is 4.74 Å². The molecule has 3 rings (SSSR count). The highest BCUT2D eigenvalue weighted by molar-refractivity contribution is 5.80. The topological polar surface area (TPSA) is 48.3 Å². The van der Waals surface area contributed by atoms with Gasteiger partial charge in [-0.3, -0.25) is 14.2 Å². The monoisotopic (exact) mass is 255 g/mol. The zero-order valence-electron chi connectivity index (χ0n) is 10.6. The number of fused-ring (bicyclic) bond motifs is 1. The second kappa shape index (κ2) is 4.39. The highest BCUT2D eigenvalue weighted by Gasteiger charge is 2.22. The molecule has 0 saturated heterocycles. The first-order valence-electron chi connectivity index (χ1n) is 6.15. The molecular formula is C15H13NO3. The largest absolute Gasteiger partial charge is 0.492 e. The zero-order valence-corrected chi connectivity index (χ0v) is 10.6. The van der Waals surface area contributed by atoms with Crippen LogP contribution in [0.1, 0.15) is 21.5 Å². The molecule has 0 aliphatic carbocycles. The lowest BCUT2D eigenvalue weighted by atomic mass is 10.1. The summed E-state index contributed by atoms with van der Waals surface area (Å²) >= 11 is 0. The normalized spacial score (nSPS) is 12.9. The predicted octanol–water partition coefficient (Wildman–Crippen LogP) is 1.89. The van der Waals surface area contributed by atoms with Crippen LogP contribution in [0, 0.1) is 6.92 Å². The van der Waals surface area contributed by atoms with E-state index in [1.165, 1.54) is 4.57 Å². The van der Waals surface area contributed by atoms with Crippen LogP contribution in [-0.4, -0.2) is 17.5 Å². The van der Waals surface area contributed by atoms with Gasteiger partial charge in [0.25, 0.3) is 5.56 Å². The summed E-state index contributed by atoms with van der Waals surface area (Å²) in [4.78, 5) is 23.6. The van der Waals surface area contributed by atoms with Crippen LogP contribution in [0.4, 0.5) is 0 Å². The molecule has 0 N–H and O–H groups in total. The number of rotatable bonds is 2. The van der Waals surface area contributed by atoms with Gasteiger partial charge in [0, 0.05) is 12.6 Å². The Kier molecular flexibility index (Phi) is 2.71. The molecule has 1 aliphatic heterocycles. The minimum atomic E-state index is -0.104. The molecule has 0 unspecified atom stereocenters. The van der Waals surface area contributed by atoms with Crippen molar-refractivity contribution in [3.8, 4) is 11.4 Å².